The topological polar surface area (TPSA) is 62.0 Å². The molecule has 0 aliphatic heterocycles. The quantitative estimate of drug-likeness (QED) is 0.529. The molecule has 0 aliphatic rings. The average molecular weight is 356 g/mol. The Kier molecular flexibility index (Phi) is 4.47. The van der Waals surface area contributed by atoms with E-state index >= 15 is 0 Å². The summed E-state index contributed by atoms with van der Waals surface area (Å²) in [5.41, 5.74) is 3.50. The molecule has 0 saturated carbocycles. The summed E-state index contributed by atoms with van der Waals surface area (Å²) in [5, 5.41) is 4.07. The van der Waals surface area contributed by atoms with Gasteiger partial charge in [-0.05, 0) is 35.7 Å². The van der Waals surface area contributed by atoms with E-state index in [9.17, 15) is 9.59 Å². The van der Waals surface area contributed by atoms with Gasteiger partial charge in [0.15, 0.2) is 5.43 Å². The first kappa shape index (κ1) is 17.0. The molecular formula is C23H20N2O2. The first-order valence-corrected chi connectivity index (χ1v) is 9.12. The highest BCUT2D eigenvalue weighted by Crippen LogP contribution is 2.29. The van der Waals surface area contributed by atoms with Gasteiger partial charge in [0.25, 0.3) is 5.91 Å². The molecule has 27 heavy (non-hydrogen) atoms. The number of para-hydroxylation sites is 1. The third-order valence-corrected chi connectivity index (χ3v) is 4.73. The fourth-order valence-corrected chi connectivity index (χ4v) is 3.41. The van der Waals surface area contributed by atoms with Crippen LogP contribution in [0.5, 0.6) is 0 Å². The van der Waals surface area contributed by atoms with E-state index in [1.807, 2.05) is 67.6 Å². The largest absolute Gasteiger partial charge is 0.354 e. The number of carbonyl (C=O) groups excluding carboxylic acids is 1. The number of amides is 1. The maximum absolute atomic E-state index is 13.3. The number of pyridine rings is 1. The van der Waals surface area contributed by atoms with E-state index in [0.717, 1.165) is 23.1 Å². The molecule has 0 unspecified atom stereocenters. The smallest absolute Gasteiger partial charge is 0.253 e. The lowest BCUT2D eigenvalue weighted by Gasteiger charge is -2.13. The Morgan fingerprint density at radius 1 is 0.963 bits per heavy atom. The number of H-pyrrole nitrogens is 1. The van der Waals surface area contributed by atoms with Gasteiger partial charge in [-0.3, -0.25) is 9.59 Å². The molecule has 3 aromatic carbocycles. The van der Waals surface area contributed by atoms with Crippen molar-refractivity contribution >= 4 is 27.7 Å². The van der Waals surface area contributed by atoms with Gasteiger partial charge >= 0.3 is 0 Å². The molecule has 2 N–H and O–H groups in total. The first-order valence-electron chi connectivity index (χ1n) is 9.12. The summed E-state index contributed by atoms with van der Waals surface area (Å²) in [6, 6.07) is 20.8. The molecular weight excluding hydrogens is 336 g/mol. The monoisotopic (exact) mass is 356 g/mol. The predicted octanol–water partition coefficient (Wildman–Crippen LogP) is 4.49. The van der Waals surface area contributed by atoms with Crippen molar-refractivity contribution in [2.75, 3.05) is 6.54 Å². The molecule has 4 rings (SSSR count). The van der Waals surface area contributed by atoms with E-state index in [0.29, 0.717) is 28.4 Å². The van der Waals surface area contributed by atoms with Gasteiger partial charge in [-0.2, -0.15) is 0 Å². The minimum Gasteiger partial charge on any atom is -0.354 e. The van der Waals surface area contributed by atoms with Crippen LogP contribution in [0, 0.1) is 0 Å². The fourth-order valence-electron chi connectivity index (χ4n) is 3.41. The Balaban J connectivity index is 2.08. The number of nitrogens with one attached hydrogen (secondary N) is 2. The Bertz CT molecular complexity index is 1190. The number of benzene rings is 3. The van der Waals surface area contributed by atoms with Gasteiger partial charge in [-0.1, -0.05) is 55.5 Å². The van der Waals surface area contributed by atoms with Crippen LogP contribution in [0.2, 0.25) is 0 Å². The molecule has 0 radical (unpaired) electrons. The van der Waals surface area contributed by atoms with Crippen molar-refractivity contribution in [1.29, 1.82) is 0 Å². The van der Waals surface area contributed by atoms with E-state index < -0.39 is 0 Å². The lowest BCUT2D eigenvalue weighted by molar-refractivity contribution is 0.0955. The highest BCUT2D eigenvalue weighted by atomic mass is 16.1. The van der Waals surface area contributed by atoms with Gasteiger partial charge in [0, 0.05) is 17.4 Å². The van der Waals surface area contributed by atoms with Crippen LogP contribution in [0.15, 0.2) is 71.5 Å². The predicted molar refractivity (Wildman–Crippen MR) is 110 cm³/mol. The van der Waals surface area contributed by atoms with Gasteiger partial charge in [0.05, 0.1) is 16.5 Å². The van der Waals surface area contributed by atoms with Gasteiger partial charge in [-0.15, -0.1) is 0 Å². The highest BCUT2D eigenvalue weighted by molar-refractivity contribution is 6.11. The number of hydrogen-bond donors (Lipinski definition) is 2. The van der Waals surface area contributed by atoms with E-state index in [-0.39, 0.29) is 11.3 Å². The van der Waals surface area contributed by atoms with Gasteiger partial charge in [-0.25, -0.2) is 0 Å². The van der Waals surface area contributed by atoms with Gasteiger partial charge < -0.3 is 10.3 Å². The van der Waals surface area contributed by atoms with Crippen molar-refractivity contribution in [3.63, 3.8) is 0 Å². The number of rotatable bonds is 4. The van der Waals surface area contributed by atoms with Gasteiger partial charge in [0.2, 0.25) is 0 Å². The van der Waals surface area contributed by atoms with Crippen molar-refractivity contribution in [1.82, 2.24) is 10.3 Å². The van der Waals surface area contributed by atoms with Crippen LogP contribution in [-0.2, 0) is 0 Å². The fraction of sp³-hybridized carbons (Fsp3) is 0.130. The third kappa shape index (κ3) is 2.99. The Labute approximate surface area is 156 Å². The van der Waals surface area contributed by atoms with E-state index in [1.165, 1.54) is 0 Å². The van der Waals surface area contributed by atoms with Crippen LogP contribution in [-0.4, -0.2) is 17.4 Å². The lowest BCUT2D eigenvalue weighted by Crippen LogP contribution is -2.25. The maximum Gasteiger partial charge on any atom is 0.253 e. The molecule has 1 aromatic heterocycles. The standard InChI is InChI=1S/C23H20N2O2/c1-2-14-24-23(27)18-13-12-16(15-8-4-3-5-9-15)20-21(18)25-19-11-7-6-10-17(19)22(20)26/h3-13H,2,14H2,1H3,(H,24,27)(H,25,26). The SMILES string of the molecule is CCCNC(=O)c1ccc(-c2ccccc2)c2c(=O)c3ccccc3[nH]c12. The molecule has 4 heteroatoms. The third-order valence-electron chi connectivity index (χ3n) is 4.73. The van der Waals surface area contributed by atoms with Crippen molar-refractivity contribution in [2.24, 2.45) is 0 Å². The summed E-state index contributed by atoms with van der Waals surface area (Å²) < 4.78 is 0. The van der Waals surface area contributed by atoms with Crippen molar-refractivity contribution in [3.8, 4) is 11.1 Å². The van der Waals surface area contributed by atoms with Crippen LogP contribution < -0.4 is 10.7 Å². The first-order chi connectivity index (χ1) is 13.2. The van der Waals surface area contributed by atoms with Crippen LogP contribution in [0.25, 0.3) is 32.9 Å². The molecule has 0 bridgehead atoms. The zero-order valence-corrected chi connectivity index (χ0v) is 15.1. The second-order valence-corrected chi connectivity index (χ2v) is 6.53. The molecule has 0 fully saturated rings. The van der Waals surface area contributed by atoms with Gasteiger partial charge in [0.1, 0.15) is 0 Å². The zero-order valence-electron chi connectivity index (χ0n) is 15.1. The highest BCUT2D eigenvalue weighted by Gasteiger charge is 2.17. The minimum absolute atomic E-state index is 0.0663. The molecule has 1 amide bonds. The minimum atomic E-state index is -0.174. The molecule has 4 aromatic rings. The van der Waals surface area contributed by atoms with E-state index in [1.54, 1.807) is 6.07 Å². The van der Waals surface area contributed by atoms with Crippen molar-refractivity contribution in [3.05, 3.63) is 82.5 Å². The number of hydrogen-bond acceptors (Lipinski definition) is 2. The van der Waals surface area contributed by atoms with Crippen LogP contribution in [0.1, 0.15) is 23.7 Å². The summed E-state index contributed by atoms with van der Waals surface area (Å²) >= 11 is 0. The number of fused-ring (bicyclic) bond motifs is 2. The van der Waals surface area contributed by atoms with Crippen LogP contribution >= 0.6 is 0 Å². The number of aromatic nitrogens is 1. The molecule has 0 atom stereocenters. The summed E-state index contributed by atoms with van der Waals surface area (Å²) in [6.07, 6.45) is 0.852. The van der Waals surface area contributed by atoms with Crippen molar-refractivity contribution < 1.29 is 4.79 Å². The number of aromatic amines is 1. The van der Waals surface area contributed by atoms with Crippen molar-refractivity contribution in [2.45, 2.75) is 13.3 Å². The van der Waals surface area contributed by atoms with Crippen LogP contribution in [0.4, 0.5) is 0 Å². The summed E-state index contributed by atoms with van der Waals surface area (Å²) in [4.78, 5) is 29.3. The molecule has 1 heterocycles. The Hall–Kier alpha value is -3.40. The molecule has 0 spiro atoms. The Morgan fingerprint density at radius 3 is 2.48 bits per heavy atom. The molecule has 4 nitrogen and oxygen atoms in total. The lowest BCUT2D eigenvalue weighted by atomic mass is 9.96. The maximum atomic E-state index is 13.3. The molecule has 134 valence electrons. The normalized spacial score (nSPS) is 11.0. The summed E-state index contributed by atoms with van der Waals surface area (Å²) in [6.45, 7) is 2.60. The second-order valence-electron chi connectivity index (χ2n) is 6.53. The summed E-state index contributed by atoms with van der Waals surface area (Å²) in [7, 11) is 0. The van der Waals surface area contributed by atoms with E-state index in [2.05, 4.69) is 10.3 Å². The Morgan fingerprint density at radius 2 is 1.70 bits per heavy atom. The molecule has 0 saturated heterocycles. The summed E-state index contributed by atoms with van der Waals surface area (Å²) in [5.74, 6) is -0.174. The second kappa shape index (κ2) is 7.08. The van der Waals surface area contributed by atoms with E-state index in [4.69, 9.17) is 0 Å². The number of carbonyl (C=O) groups is 1. The van der Waals surface area contributed by atoms with Crippen LogP contribution in [0.3, 0.4) is 0 Å². The zero-order chi connectivity index (χ0) is 18.8. The average Bonchev–Trinajstić information content (AvgIpc) is 2.72. The molecule has 0 aliphatic carbocycles.